The lowest BCUT2D eigenvalue weighted by atomic mass is 9.97. The van der Waals surface area contributed by atoms with E-state index in [2.05, 4.69) is 15.3 Å². The molecule has 36 heavy (non-hydrogen) atoms. The molecule has 0 saturated carbocycles. The largest absolute Gasteiger partial charge is 0.496 e. The van der Waals surface area contributed by atoms with E-state index in [1.807, 2.05) is 24.3 Å². The number of para-hydroxylation sites is 1. The average Bonchev–Trinajstić information content (AvgIpc) is 3.40. The third kappa shape index (κ3) is 4.79. The Morgan fingerprint density at radius 1 is 1.08 bits per heavy atom. The van der Waals surface area contributed by atoms with Gasteiger partial charge in [0.25, 0.3) is 11.8 Å². The van der Waals surface area contributed by atoms with Crippen molar-refractivity contribution in [3.05, 3.63) is 81.7 Å². The van der Waals surface area contributed by atoms with Crippen LogP contribution in [0.4, 0.5) is 10.1 Å². The maximum atomic E-state index is 13.8. The summed E-state index contributed by atoms with van der Waals surface area (Å²) >= 11 is 1.43. The number of rotatable bonds is 5. The second-order valence-electron chi connectivity index (χ2n) is 8.78. The summed E-state index contributed by atoms with van der Waals surface area (Å²) in [5.41, 5.74) is 2.30. The molecule has 0 atom stereocenters. The van der Waals surface area contributed by atoms with Crippen LogP contribution in [0.15, 0.2) is 53.9 Å². The van der Waals surface area contributed by atoms with Crippen LogP contribution in [0.2, 0.25) is 0 Å². The van der Waals surface area contributed by atoms with Gasteiger partial charge < -0.3 is 15.0 Å². The van der Waals surface area contributed by atoms with Crippen LogP contribution in [0.5, 0.6) is 5.75 Å². The fourth-order valence-corrected chi connectivity index (χ4v) is 5.33. The lowest BCUT2D eigenvalue weighted by Gasteiger charge is -2.31. The van der Waals surface area contributed by atoms with Gasteiger partial charge in [-0.1, -0.05) is 18.2 Å². The lowest BCUT2D eigenvalue weighted by molar-refractivity contribution is 0.0707. The van der Waals surface area contributed by atoms with Gasteiger partial charge in [0.15, 0.2) is 0 Å². The van der Waals surface area contributed by atoms with Crippen LogP contribution in [0.25, 0.3) is 10.9 Å². The number of fused-ring (bicyclic) bond motifs is 1. The molecule has 1 aliphatic heterocycles. The summed E-state index contributed by atoms with van der Waals surface area (Å²) in [5, 5.41) is 6.16. The third-order valence-electron chi connectivity index (χ3n) is 6.43. The Morgan fingerprint density at radius 2 is 1.86 bits per heavy atom. The maximum Gasteiger partial charge on any atom is 0.275 e. The molecule has 1 aliphatic rings. The molecule has 4 aromatic rings. The van der Waals surface area contributed by atoms with Gasteiger partial charge in [0.05, 0.1) is 17.6 Å². The first kappa shape index (κ1) is 23.9. The molecule has 2 aromatic heterocycles. The van der Waals surface area contributed by atoms with Crippen LogP contribution < -0.4 is 10.1 Å². The number of anilines is 1. The van der Waals surface area contributed by atoms with E-state index in [0.29, 0.717) is 41.5 Å². The number of nitrogens with one attached hydrogen (secondary N) is 1. The summed E-state index contributed by atoms with van der Waals surface area (Å²) in [6.45, 7) is 2.82. The van der Waals surface area contributed by atoms with Crippen molar-refractivity contribution in [2.45, 2.75) is 25.7 Å². The number of carbonyl (C=O) groups excluding carboxylic acids is 2. The van der Waals surface area contributed by atoms with Crippen LogP contribution in [-0.2, 0) is 0 Å². The molecule has 0 radical (unpaired) electrons. The molecule has 5 rings (SSSR count). The van der Waals surface area contributed by atoms with E-state index in [1.165, 1.54) is 17.4 Å². The number of likely N-dealkylation sites (tertiary alicyclic amines) is 1. The molecule has 1 saturated heterocycles. The van der Waals surface area contributed by atoms with Crippen LogP contribution >= 0.6 is 11.3 Å². The Kier molecular flexibility index (Phi) is 6.65. The number of thiazole rings is 1. The van der Waals surface area contributed by atoms with Crippen molar-refractivity contribution in [2.75, 3.05) is 25.5 Å². The van der Waals surface area contributed by atoms with Crippen molar-refractivity contribution in [1.82, 2.24) is 14.9 Å². The molecular weight excluding hydrogens is 479 g/mol. The summed E-state index contributed by atoms with van der Waals surface area (Å²) < 4.78 is 19.3. The number of benzene rings is 2. The van der Waals surface area contributed by atoms with E-state index in [4.69, 9.17) is 4.74 Å². The first-order chi connectivity index (χ1) is 17.4. The SMILES string of the molecule is COc1cc(C(=O)N2CCC(c3nc(C(=O)Nc4ccc(C)c(F)c4)cs3)CC2)nc2ccccc12. The van der Waals surface area contributed by atoms with Crippen molar-refractivity contribution in [3.8, 4) is 5.75 Å². The van der Waals surface area contributed by atoms with E-state index in [1.54, 1.807) is 42.5 Å². The number of halogens is 1. The third-order valence-corrected chi connectivity index (χ3v) is 7.44. The Balaban J connectivity index is 1.23. The number of nitrogens with zero attached hydrogens (tertiary/aromatic N) is 3. The first-order valence-corrected chi connectivity index (χ1v) is 12.6. The number of carbonyl (C=O) groups is 2. The van der Waals surface area contributed by atoms with Gasteiger partial charge in [-0.3, -0.25) is 9.59 Å². The van der Waals surface area contributed by atoms with E-state index in [-0.39, 0.29) is 23.5 Å². The zero-order chi connectivity index (χ0) is 25.2. The van der Waals surface area contributed by atoms with E-state index >= 15 is 0 Å². The van der Waals surface area contributed by atoms with Gasteiger partial charge in [0.1, 0.15) is 23.0 Å². The standard InChI is InChI=1S/C27H25FN4O3S/c1-16-7-8-18(13-20(16)28)29-25(33)23-15-36-26(31-23)17-9-11-32(12-10-17)27(34)22-14-24(35-2)19-5-3-4-6-21(19)30-22/h3-8,13-15,17H,9-12H2,1-2H3,(H,29,33). The average molecular weight is 505 g/mol. The fourth-order valence-electron chi connectivity index (χ4n) is 4.36. The Labute approximate surface area is 211 Å². The van der Waals surface area contributed by atoms with E-state index in [0.717, 1.165) is 28.8 Å². The maximum absolute atomic E-state index is 13.8. The Hall–Kier alpha value is -3.85. The molecule has 3 heterocycles. The van der Waals surface area contributed by atoms with Gasteiger partial charge in [-0.15, -0.1) is 11.3 Å². The molecule has 184 valence electrons. The zero-order valence-electron chi connectivity index (χ0n) is 20.0. The number of aromatic nitrogens is 2. The zero-order valence-corrected chi connectivity index (χ0v) is 20.8. The van der Waals surface area contributed by atoms with Gasteiger partial charge >= 0.3 is 0 Å². The van der Waals surface area contributed by atoms with Crippen LogP contribution in [-0.4, -0.2) is 46.9 Å². The Bertz CT molecular complexity index is 1450. The molecule has 2 aromatic carbocycles. The van der Waals surface area contributed by atoms with E-state index in [9.17, 15) is 14.0 Å². The van der Waals surface area contributed by atoms with Gasteiger partial charge in [-0.2, -0.15) is 0 Å². The number of methoxy groups -OCH3 is 1. The lowest BCUT2D eigenvalue weighted by Crippen LogP contribution is -2.38. The molecule has 0 bridgehead atoms. The number of hydrogen-bond donors (Lipinski definition) is 1. The summed E-state index contributed by atoms with van der Waals surface area (Å²) in [7, 11) is 1.59. The first-order valence-electron chi connectivity index (χ1n) is 11.7. The second-order valence-corrected chi connectivity index (χ2v) is 9.67. The molecule has 9 heteroatoms. The number of piperidine rings is 1. The van der Waals surface area contributed by atoms with E-state index < -0.39 is 0 Å². The van der Waals surface area contributed by atoms with Crippen molar-refractivity contribution < 1.29 is 18.7 Å². The highest BCUT2D eigenvalue weighted by Gasteiger charge is 2.28. The molecule has 0 aliphatic carbocycles. The van der Waals surface area contributed by atoms with Crippen molar-refractivity contribution >= 4 is 39.7 Å². The highest BCUT2D eigenvalue weighted by molar-refractivity contribution is 7.10. The van der Waals surface area contributed by atoms with Crippen molar-refractivity contribution in [3.63, 3.8) is 0 Å². The predicted molar refractivity (Wildman–Crippen MR) is 137 cm³/mol. The van der Waals surface area contributed by atoms with Gasteiger partial charge in [0.2, 0.25) is 0 Å². The molecule has 1 fully saturated rings. The highest BCUT2D eigenvalue weighted by Crippen LogP contribution is 2.32. The molecule has 0 spiro atoms. The molecular formula is C27H25FN4O3S. The number of amides is 2. The number of hydrogen-bond acceptors (Lipinski definition) is 6. The second kappa shape index (κ2) is 10.0. The fraction of sp³-hybridized carbons (Fsp3) is 0.259. The van der Waals surface area contributed by atoms with Gasteiger partial charge in [0, 0.05) is 41.5 Å². The van der Waals surface area contributed by atoms with Gasteiger partial charge in [-0.25, -0.2) is 14.4 Å². The molecule has 1 N–H and O–H groups in total. The summed E-state index contributed by atoms with van der Waals surface area (Å²) in [5.74, 6) is -0.0746. The Morgan fingerprint density at radius 3 is 2.61 bits per heavy atom. The van der Waals surface area contributed by atoms with Crippen molar-refractivity contribution in [2.24, 2.45) is 0 Å². The minimum Gasteiger partial charge on any atom is -0.496 e. The minimum atomic E-state index is -0.371. The smallest absolute Gasteiger partial charge is 0.275 e. The number of ether oxygens (including phenoxy) is 1. The quantitative estimate of drug-likeness (QED) is 0.392. The number of pyridine rings is 1. The monoisotopic (exact) mass is 504 g/mol. The summed E-state index contributed by atoms with van der Waals surface area (Å²) in [6, 6.07) is 13.9. The topological polar surface area (TPSA) is 84.4 Å². The normalized spacial score (nSPS) is 14.1. The predicted octanol–water partition coefficient (Wildman–Crippen LogP) is 5.42. The van der Waals surface area contributed by atoms with Crippen LogP contribution in [0, 0.1) is 12.7 Å². The molecule has 0 unspecified atom stereocenters. The van der Waals surface area contributed by atoms with Crippen molar-refractivity contribution in [1.29, 1.82) is 0 Å². The summed E-state index contributed by atoms with van der Waals surface area (Å²) in [6.07, 6.45) is 1.49. The number of aryl methyl sites for hydroxylation is 1. The van der Waals surface area contributed by atoms with Crippen LogP contribution in [0.3, 0.4) is 0 Å². The van der Waals surface area contributed by atoms with Crippen LogP contribution in [0.1, 0.15) is 50.3 Å². The summed E-state index contributed by atoms with van der Waals surface area (Å²) in [4.78, 5) is 36.7. The minimum absolute atomic E-state index is 0.123. The highest BCUT2D eigenvalue weighted by atomic mass is 32.1. The van der Waals surface area contributed by atoms with Gasteiger partial charge in [-0.05, 0) is 49.6 Å². The molecule has 2 amide bonds. The molecule has 7 nitrogen and oxygen atoms in total.